The van der Waals surface area contributed by atoms with E-state index in [0.717, 1.165) is 41.5 Å². The lowest BCUT2D eigenvalue weighted by molar-refractivity contribution is -0.577. The van der Waals surface area contributed by atoms with Crippen LogP contribution >= 0.6 is 0 Å². The number of hydrogen-bond donors (Lipinski definition) is 2. The molecule has 0 saturated heterocycles. The summed E-state index contributed by atoms with van der Waals surface area (Å²) in [6.07, 6.45) is 4.81. The molecule has 0 radical (unpaired) electrons. The zero-order chi connectivity index (χ0) is 25.1. The summed E-state index contributed by atoms with van der Waals surface area (Å²) in [6.45, 7) is 5.23. The van der Waals surface area contributed by atoms with Gasteiger partial charge in [0.15, 0.2) is 11.9 Å². The first-order valence-corrected chi connectivity index (χ1v) is 12.9. The third kappa shape index (κ3) is 4.95. The maximum Gasteiger partial charge on any atom is 0.266 e. The number of fused-ring (bicyclic) bond motifs is 2. The molecule has 5 rings (SSSR count). The molecule has 1 atom stereocenters. The molecule has 186 valence electrons. The van der Waals surface area contributed by atoms with Crippen molar-refractivity contribution in [3.63, 3.8) is 0 Å². The van der Waals surface area contributed by atoms with Gasteiger partial charge >= 0.3 is 0 Å². The molecule has 1 aromatic heterocycles. The van der Waals surface area contributed by atoms with Crippen LogP contribution in [-0.4, -0.2) is 17.7 Å². The van der Waals surface area contributed by atoms with Gasteiger partial charge in [-0.15, -0.1) is 0 Å². The van der Waals surface area contributed by atoms with Gasteiger partial charge in [0.1, 0.15) is 6.61 Å². The van der Waals surface area contributed by atoms with Gasteiger partial charge in [-0.2, -0.15) is 4.73 Å². The highest BCUT2D eigenvalue weighted by molar-refractivity contribution is 5.85. The zero-order valence-electron chi connectivity index (χ0n) is 21.0. The number of hydrogen-bond acceptors (Lipinski definition) is 4. The van der Waals surface area contributed by atoms with Gasteiger partial charge in [0, 0.05) is 18.7 Å². The topological polar surface area (TPSA) is 68.4 Å². The standard InChI is InChI=1S/C31H34N2O3/c1-3-22-15-24-17-26(18-25(24)16-23(22)4-2)32-19-29(34)27-12-13-30(31-28(27)11-8-14-33(31)35)36-20-21-9-6-5-7-10-21/h5-16,26,29,32,34H,3-4,17-20H2,1-2H3. The van der Waals surface area contributed by atoms with E-state index in [1.165, 1.54) is 28.5 Å². The van der Waals surface area contributed by atoms with Gasteiger partial charge in [0.25, 0.3) is 5.52 Å². The van der Waals surface area contributed by atoms with Gasteiger partial charge in [-0.1, -0.05) is 62.4 Å². The number of nitrogens with one attached hydrogen (secondary N) is 1. The molecule has 5 nitrogen and oxygen atoms in total. The van der Waals surface area contributed by atoms with Crippen LogP contribution in [0.4, 0.5) is 0 Å². The number of ether oxygens (including phenoxy) is 1. The molecule has 2 N–H and O–H groups in total. The summed E-state index contributed by atoms with van der Waals surface area (Å²) in [5.74, 6) is 0.512. The van der Waals surface area contributed by atoms with E-state index in [0.29, 0.717) is 35.8 Å². The minimum Gasteiger partial charge on any atom is -0.618 e. The lowest BCUT2D eigenvalue weighted by Gasteiger charge is -2.18. The normalized spacial score (nSPS) is 14.2. The first-order valence-electron chi connectivity index (χ1n) is 12.9. The van der Waals surface area contributed by atoms with Crippen LogP contribution in [0.5, 0.6) is 5.75 Å². The third-order valence-corrected chi connectivity index (χ3v) is 7.33. The maximum absolute atomic E-state index is 12.7. The summed E-state index contributed by atoms with van der Waals surface area (Å²) in [5.41, 5.74) is 7.95. The van der Waals surface area contributed by atoms with E-state index >= 15 is 0 Å². The molecular weight excluding hydrogens is 448 g/mol. The number of benzene rings is 3. The predicted molar refractivity (Wildman–Crippen MR) is 143 cm³/mol. The van der Waals surface area contributed by atoms with Crippen molar-refractivity contribution in [1.82, 2.24) is 5.32 Å². The van der Waals surface area contributed by atoms with Crippen LogP contribution in [0, 0.1) is 5.21 Å². The average Bonchev–Trinajstić information content (AvgIpc) is 3.32. The smallest absolute Gasteiger partial charge is 0.266 e. The van der Waals surface area contributed by atoms with Crippen molar-refractivity contribution in [2.24, 2.45) is 0 Å². The largest absolute Gasteiger partial charge is 0.618 e. The van der Waals surface area contributed by atoms with E-state index in [2.05, 4.69) is 31.3 Å². The summed E-state index contributed by atoms with van der Waals surface area (Å²) in [6, 6.07) is 22.2. The molecule has 0 amide bonds. The number of aromatic nitrogens is 1. The molecule has 1 aliphatic rings. The lowest BCUT2D eigenvalue weighted by Crippen LogP contribution is -2.33. The molecule has 1 unspecified atom stereocenters. The lowest BCUT2D eigenvalue weighted by atomic mass is 9.97. The molecule has 1 heterocycles. The van der Waals surface area contributed by atoms with E-state index in [-0.39, 0.29) is 0 Å². The van der Waals surface area contributed by atoms with Crippen molar-refractivity contribution in [3.05, 3.63) is 112 Å². The van der Waals surface area contributed by atoms with Gasteiger partial charge in [0.2, 0.25) is 0 Å². The second-order valence-electron chi connectivity index (χ2n) is 9.65. The van der Waals surface area contributed by atoms with Crippen molar-refractivity contribution in [2.45, 2.75) is 58.3 Å². The van der Waals surface area contributed by atoms with Crippen LogP contribution in [-0.2, 0) is 32.3 Å². The molecule has 0 saturated carbocycles. The Hall–Kier alpha value is -3.41. The van der Waals surface area contributed by atoms with Crippen LogP contribution in [0.15, 0.2) is 72.9 Å². The molecule has 5 heteroatoms. The first kappa shape index (κ1) is 24.3. The highest BCUT2D eigenvalue weighted by Crippen LogP contribution is 2.31. The summed E-state index contributed by atoms with van der Waals surface area (Å²) in [7, 11) is 0. The van der Waals surface area contributed by atoms with Crippen LogP contribution < -0.4 is 14.8 Å². The summed E-state index contributed by atoms with van der Waals surface area (Å²) < 4.78 is 6.84. The van der Waals surface area contributed by atoms with Crippen LogP contribution in [0.25, 0.3) is 10.9 Å². The Labute approximate surface area is 213 Å². The maximum atomic E-state index is 12.7. The monoisotopic (exact) mass is 482 g/mol. The Morgan fingerprint density at radius 3 is 2.33 bits per heavy atom. The first-order chi connectivity index (χ1) is 17.6. The average molecular weight is 483 g/mol. The van der Waals surface area contributed by atoms with Gasteiger partial charge in [-0.3, -0.25) is 0 Å². The highest BCUT2D eigenvalue weighted by Gasteiger charge is 2.25. The SMILES string of the molecule is CCc1cc2c(cc1CC)CC(NCC(O)c1ccc(OCc3ccccc3)c3c1ccc[n+]3[O-])C2. The van der Waals surface area contributed by atoms with E-state index in [4.69, 9.17) is 4.74 Å². The summed E-state index contributed by atoms with van der Waals surface area (Å²) >= 11 is 0. The van der Waals surface area contributed by atoms with E-state index in [1.54, 1.807) is 12.1 Å². The minimum atomic E-state index is -0.737. The number of rotatable bonds is 9. The molecule has 0 fully saturated rings. The van der Waals surface area contributed by atoms with Crippen molar-refractivity contribution in [1.29, 1.82) is 0 Å². The molecule has 0 aliphatic heterocycles. The number of nitrogens with zero attached hydrogens (tertiary/aromatic N) is 1. The van der Waals surface area contributed by atoms with Crippen molar-refractivity contribution < 1.29 is 14.6 Å². The fraction of sp³-hybridized carbons (Fsp3) is 0.323. The number of aryl methyl sites for hydroxylation is 2. The Bertz CT molecular complexity index is 1320. The second kappa shape index (κ2) is 10.7. The third-order valence-electron chi connectivity index (χ3n) is 7.33. The molecule has 0 spiro atoms. The van der Waals surface area contributed by atoms with E-state index in [1.807, 2.05) is 42.5 Å². The van der Waals surface area contributed by atoms with Gasteiger partial charge < -0.3 is 20.4 Å². The van der Waals surface area contributed by atoms with Gasteiger partial charge in [-0.25, -0.2) is 0 Å². The van der Waals surface area contributed by atoms with Crippen molar-refractivity contribution in [3.8, 4) is 5.75 Å². The van der Waals surface area contributed by atoms with Gasteiger partial charge in [0.05, 0.1) is 11.5 Å². The second-order valence-corrected chi connectivity index (χ2v) is 9.65. The Kier molecular flexibility index (Phi) is 7.21. The number of aliphatic hydroxyl groups excluding tert-OH is 1. The zero-order valence-corrected chi connectivity index (χ0v) is 21.0. The number of aliphatic hydroxyl groups is 1. The fourth-order valence-corrected chi connectivity index (χ4v) is 5.41. The van der Waals surface area contributed by atoms with Crippen LogP contribution in [0.3, 0.4) is 0 Å². The number of pyridine rings is 1. The molecule has 3 aromatic carbocycles. The molecule has 4 aromatic rings. The summed E-state index contributed by atoms with van der Waals surface area (Å²) in [5, 5.41) is 28.1. The van der Waals surface area contributed by atoms with Crippen LogP contribution in [0.2, 0.25) is 0 Å². The van der Waals surface area contributed by atoms with Crippen molar-refractivity contribution >= 4 is 10.9 Å². The minimum absolute atomic E-state index is 0.302. The molecule has 1 aliphatic carbocycles. The Morgan fingerprint density at radius 1 is 0.972 bits per heavy atom. The predicted octanol–water partition coefficient (Wildman–Crippen LogP) is 4.97. The molecule has 0 bridgehead atoms. The Balaban J connectivity index is 1.30. The fourth-order valence-electron chi connectivity index (χ4n) is 5.41. The highest BCUT2D eigenvalue weighted by atomic mass is 16.5. The summed E-state index contributed by atoms with van der Waals surface area (Å²) in [4.78, 5) is 0. The quantitative estimate of drug-likeness (QED) is 0.261. The molecular formula is C31H34N2O3. The van der Waals surface area contributed by atoms with E-state index in [9.17, 15) is 10.3 Å². The Morgan fingerprint density at radius 2 is 1.67 bits per heavy atom. The van der Waals surface area contributed by atoms with E-state index < -0.39 is 6.10 Å². The van der Waals surface area contributed by atoms with Crippen molar-refractivity contribution in [2.75, 3.05) is 6.54 Å². The van der Waals surface area contributed by atoms with Crippen LogP contribution in [0.1, 0.15) is 53.3 Å². The molecule has 36 heavy (non-hydrogen) atoms. The van der Waals surface area contributed by atoms with Gasteiger partial charge in [-0.05, 0) is 71.2 Å².